The van der Waals surface area contributed by atoms with Crippen LogP contribution in [0.25, 0.3) is 0 Å². The average Bonchev–Trinajstić information content (AvgIpc) is 2.18. The van der Waals surface area contributed by atoms with Crippen molar-refractivity contribution in [1.29, 1.82) is 0 Å². The van der Waals surface area contributed by atoms with E-state index in [2.05, 4.69) is 10.6 Å². The van der Waals surface area contributed by atoms with Crippen LogP contribution < -0.4 is 10.6 Å². The minimum atomic E-state index is 0. The summed E-state index contributed by atoms with van der Waals surface area (Å²) in [6.07, 6.45) is 0. The number of rotatable bonds is 6. The van der Waals surface area contributed by atoms with Crippen molar-refractivity contribution in [2.75, 3.05) is 30.8 Å². The van der Waals surface area contributed by atoms with Gasteiger partial charge in [-0.3, -0.25) is 0 Å². The van der Waals surface area contributed by atoms with Gasteiger partial charge in [-0.15, -0.1) is 24.0 Å². The third-order valence-electron chi connectivity index (χ3n) is 1.73. The molecule has 0 bridgehead atoms. The Morgan fingerprint density at radius 2 is 1.93 bits per heavy atom. The van der Waals surface area contributed by atoms with E-state index in [1.807, 2.05) is 24.3 Å². The van der Waals surface area contributed by atoms with Crippen LogP contribution >= 0.6 is 35.6 Å². The van der Waals surface area contributed by atoms with Gasteiger partial charge in [-0.05, 0) is 18.2 Å². The van der Waals surface area contributed by atoms with E-state index in [1.165, 1.54) is 0 Å². The summed E-state index contributed by atoms with van der Waals surface area (Å²) in [5.74, 6) is 0.650. The SMILES string of the molecule is Cl.ClCCNCCNc1cccc(Cl)c1. The topological polar surface area (TPSA) is 24.1 Å². The molecule has 1 rings (SSSR count). The number of benzene rings is 1. The van der Waals surface area contributed by atoms with Gasteiger partial charge in [0.1, 0.15) is 0 Å². The summed E-state index contributed by atoms with van der Waals surface area (Å²) < 4.78 is 0. The van der Waals surface area contributed by atoms with Crippen molar-refractivity contribution in [3.05, 3.63) is 29.3 Å². The van der Waals surface area contributed by atoms with Crippen LogP contribution in [0.4, 0.5) is 5.69 Å². The molecule has 0 saturated carbocycles. The van der Waals surface area contributed by atoms with Crippen LogP contribution in [0.5, 0.6) is 0 Å². The maximum Gasteiger partial charge on any atom is 0.0426 e. The molecule has 0 aliphatic rings. The number of hydrogen-bond acceptors (Lipinski definition) is 2. The number of anilines is 1. The summed E-state index contributed by atoms with van der Waals surface area (Å²) >= 11 is 11.4. The van der Waals surface area contributed by atoms with Crippen molar-refractivity contribution in [3.8, 4) is 0 Å². The molecular formula is C10H15Cl3N2. The van der Waals surface area contributed by atoms with Crippen molar-refractivity contribution >= 4 is 41.3 Å². The largest absolute Gasteiger partial charge is 0.384 e. The molecule has 1 aromatic carbocycles. The summed E-state index contributed by atoms with van der Waals surface area (Å²) in [4.78, 5) is 0. The molecule has 2 nitrogen and oxygen atoms in total. The van der Waals surface area contributed by atoms with Crippen molar-refractivity contribution in [2.24, 2.45) is 0 Å². The fraction of sp³-hybridized carbons (Fsp3) is 0.400. The zero-order chi connectivity index (χ0) is 10.2. The first-order valence-electron chi connectivity index (χ1n) is 4.59. The Hall–Kier alpha value is -0.150. The zero-order valence-electron chi connectivity index (χ0n) is 8.30. The van der Waals surface area contributed by atoms with Crippen LogP contribution in [0.2, 0.25) is 5.02 Å². The molecule has 0 amide bonds. The molecular weight excluding hydrogens is 254 g/mol. The Labute approximate surface area is 107 Å². The molecule has 1 aromatic rings. The number of nitrogens with one attached hydrogen (secondary N) is 2. The van der Waals surface area contributed by atoms with Gasteiger partial charge in [0.05, 0.1) is 0 Å². The first-order valence-corrected chi connectivity index (χ1v) is 5.50. The molecule has 0 unspecified atom stereocenters. The van der Waals surface area contributed by atoms with E-state index < -0.39 is 0 Å². The maximum absolute atomic E-state index is 5.83. The summed E-state index contributed by atoms with van der Waals surface area (Å²) in [5, 5.41) is 7.20. The second-order valence-electron chi connectivity index (χ2n) is 2.88. The summed E-state index contributed by atoms with van der Waals surface area (Å²) in [5.41, 5.74) is 1.05. The predicted octanol–water partition coefficient (Wildman–Crippen LogP) is 3.00. The number of halogens is 3. The van der Waals surface area contributed by atoms with Gasteiger partial charge in [0, 0.05) is 36.2 Å². The summed E-state index contributed by atoms with van der Waals surface area (Å²) in [7, 11) is 0. The van der Waals surface area contributed by atoms with E-state index >= 15 is 0 Å². The molecule has 15 heavy (non-hydrogen) atoms. The molecule has 5 heteroatoms. The van der Waals surface area contributed by atoms with Gasteiger partial charge in [-0.25, -0.2) is 0 Å². The molecule has 0 radical (unpaired) electrons. The quantitative estimate of drug-likeness (QED) is 0.613. The van der Waals surface area contributed by atoms with Gasteiger partial charge in [0.15, 0.2) is 0 Å². The maximum atomic E-state index is 5.83. The average molecular weight is 270 g/mol. The van der Waals surface area contributed by atoms with Gasteiger partial charge in [0.2, 0.25) is 0 Å². The first-order chi connectivity index (χ1) is 6.83. The molecule has 0 aromatic heterocycles. The second-order valence-corrected chi connectivity index (χ2v) is 3.69. The predicted molar refractivity (Wildman–Crippen MR) is 70.8 cm³/mol. The number of hydrogen-bond donors (Lipinski definition) is 2. The lowest BCUT2D eigenvalue weighted by atomic mass is 10.3. The monoisotopic (exact) mass is 268 g/mol. The molecule has 86 valence electrons. The fourth-order valence-corrected chi connectivity index (χ4v) is 1.41. The van der Waals surface area contributed by atoms with E-state index in [9.17, 15) is 0 Å². The zero-order valence-corrected chi connectivity index (χ0v) is 10.6. The molecule has 0 heterocycles. The number of alkyl halides is 1. The van der Waals surface area contributed by atoms with Gasteiger partial charge in [0.25, 0.3) is 0 Å². The summed E-state index contributed by atoms with van der Waals surface area (Å²) in [6.45, 7) is 2.62. The van der Waals surface area contributed by atoms with Crippen molar-refractivity contribution < 1.29 is 0 Å². The van der Waals surface area contributed by atoms with Crippen LogP contribution in [-0.2, 0) is 0 Å². The second kappa shape index (κ2) is 9.10. The van der Waals surface area contributed by atoms with Crippen molar-refractivity contribution in [3.63, 3.8) is 0 Å². The van der Waals surface area contributed by atoms with Crippen LogP contribution in [-0.4, -0.2) is 25.5 Å². The molecule has 0 aliphatic carbocycles. The lowest BCUT2D eigenvalue weighted by Crippen LogP contribution is -2.23. The van der Waals surface area contributed by atoms with Gasteiger partial charge < -0.3 is 10.6 Å². The Kier molecular flexibility index (Phi) is 9.01. The Balaban J connectivity index is 0.00000196. The van der Waals surface area contributed by atoms with Crippen molar-refractivity contribution in [1.82, 2.24) is 5.32 Å². The molecule has 0 fully saturated rings. The smallest absolute Gasteiger partial charge is 0.0426 e. The Bertz CT molecular complexity index is 269. The third kappa shape index (κ3) is 6.85. The minimum absolute atomic E-state index is 0. The fourth-order valence-electron chi connectivity index (χ4n) is 1.09. The van der Waals surface area contributed by atoms with Crippen LogP contribution in [0.15, 0.2) is 24.3 Å². The lowest BCUT2D eigenvalue weighted by molar-refractivity contribution is 0.742. The minimum Gasteiger partial charge on any atom is -0.384 e. The highest BCUT2D eigenvalue weighted by molar-refractivity contribution is 6.30. The highest BCUT2D eigenvalue weighted by atomic mass is 35.5. The Morgan fingerprint density at radius 1 is 1.13 bits per heavy atom. The van der Waals surface area contributed by atoms with E-state index in [-0.39, 0.29) is 12.4 Å². The molecule has 0 spiro atoms. The van der Waals surface area contributed by atoms with Crippen molar-refractivity contribution in [2.45, 2.75) is 0 Å². The van der Waals surface area contributed by atoms with Crippen LogP contribution in [0.1, 0.15) is 0 Å². The Morgan fingerprint density at radius 3 is 2.60 bits per heavy atom. The standard InChI is InChI=1S/C10H14Cl2N2.ClH/c11-4-5-13-6-7-14-10-3-1-2-9(12)8-10;/h1-3,8,13-14H,4-7H2;1H. The van der Waals surface area contributed by atoms with E-state index in [0.717, 1.165) is 30.3 Å². The van der Waals surface area contributed by atoms with E-state index in [4.69, 9.17) is 23.2 Å². The van der Waals surface area contributed by atoms with E-state index in [0.29, 0.717) is 5.88 Å². The van der Waals surface area contributed by atoms with Crippen LogP contribution in [0, 0.1) is 0 Å². The summed E-state index contributed by atoms with van der Waals surface area (Å²) in [6, 6.07) is 7.69. The first kappa shape index (κ1) is 14.8. The lowest BCUT2D eigenvalue weighted by Gasteiger charge is -2.06. The van der Waals surface area contributed by atoms with Gasteiger partial charge >= 0.3 is 0 Å². The van der Waals surface area contributed by atoms with Crippen LogP contribution in [0.3, 0.4) is 0 Å². The highest BCUT2D eigenvalue weighted by Crippen LogP contribution is 2.14. The molecule has 0 aliphatic heterocycles. The third-order valence-corrected chi connectivity index (χ3v) is 2.15. The van der Waals surface area contributed by atoms with E-state index in [1.54, 1.807) is 0 Å². The molecule has 0 saturated heterocycles. The molecule has 2 N–H and O–H groups in total. The normalized spacial score (nSPS) is 9.47. The highest BCUT2D eigenvalue weighted by Gasteiger charge is 1.92. The molecule has 0 atom stereocenters. The van der Waals surface area contributed by atoms with Gasteiger partial charge in [-0.1, -0.05) is 17.7 Å². The van der Waals surface area contributed by atoms with Gasteiger partial charge in [-0.2, -0.15) is 0 Å².